The van der Waals surface area contributed by atoms with Crippen LogP contribution < -0.4 is 0 Å². The summed E-state index contributed by atoms with van der Waals surface area (Å²) in [6.07, 6.45) is 0. The highest BCUT2D eigenvalue weighted by atomic mass is 35.5. The Morgan fingerprint density at radius 3 is 2.19 bits per heavy atom. The fourth-order valence-electron chi connectivity index (χ4n) is 3.27. The predicted octanol–water partition coefficient (Wildman–Crippen LogP) is 4.38. The summed E-state index contributed by atoms with van der Waals surface area (Å²) in [5, 5.41) is 0.175. The van der Waals surface area contributed by atoms with E-state index in [1.54, 1.807) is 54.6 Å². The molecule has 0 saturated carbocycles. The number of hydrogen-bond donors (Lipinski definition) is 0. The number of halogens is 1. The van der Waals surface area contributed by atoms with Crippen molar-refractivity contribution in [3.8, 4) is 0 Å². The van der Waals surface area contributed by atoms with Gasteiger partial charge in [-0.2, -0.15) is 0 Å². The zero-order valence-electron chi connectivity index (χ0n) is 16.3. The Balaban J connectivity index is 1.94. The number of Topliss-reactive ketones (excluding diaryl/α,β-unsaturated/α-hetero) is 1. The first-order chi connectivity index (χ1) is 14.8. The van der Waals surface area contributed by atoms with Gasteiger partial charge in [-0.25, -0.2) is 13.2 Å². The standard InChI is InChI=1S/C23H16ClNO5S/c1-25-20(21(26)15-9-3-2-4-10-15)22(17-12-6-8-14-19(17)31(25,28)29)30-23(27)16-11-5-7-13-18(16)24/h2-14H,1H3. The minimum Gasteiger partial charge on any atom is -0.420 e. The molecule has 3 aromatic carbocycles. The van der Waals surface area contributed by atoms with Crippen LogP contribution in [-0.4, -0.2) is 31.5 Å². The lowest BCUT2D eigenvalue weighted by Crippen LogP contribution is -2.36. The Hall–Kier alpha value is -3.42. The summed E-state index contributed by atoms with van der Waals surface area (Å²) in [6, 6.07) is 20.5. The van der Waals surface area contributed by atoms with Crippen LogP contribution in [0.2, 0.25) is 5.02 Å². The van der Waals surface area contributed by atoms with Gasteiger partial charge in [-0.3, -0.25) is 9.10 Å². The first kappa shape index (κ1) is 20.8. The number of fused-ring (bicyclic) bond motifs is 1. The van der Waals surface area contributed by atoms with E-state index in [9.17, 15) is 18.0 Å². The summed E-state index contributed by atoms with van der Waals surface area (Å²) in [6.45, 7) is 0. The van der Waals surface area contributed by atoms with Crippen LogP contribution in [-0.2, 0) is 14.8 Å². The monoisotopic (exact) mass is 453 g/mol. The Morgan fingerprint density at radius 2 is 1.48 bits per heavy atom. The van der Waals surface area contributed by atoms with E-state index in [2.05, 4.69) is 0 Å². The molecule has 0 amide bonds. The van der Waals surface area contributed by atoms with Crippen molar-refractivity contribution in [3.63, 3.8) is 0 Å². The number of nitrogens with zero attached hydrogens (tertiary/aromatic N) is 1. The molecular weight excluding hydrogens is 438 g/mol. The van der Waals surface area contributed by atoms with Gasteiger partial charge in [-0.1, -0.05) is 66.2 Å². The fraction of sp³-hybridized carbons (Fsp3) is 0.0435. The summed E-state index contributed by atoms with van der Waals surface area (Å²) in [5.74, 6) is -1.55. The number of sulfonamides is 1. The van der Waals surface area contributed by atoms with Crippen LogP contribution in [0.25, 0.3) is 5.76 Å². The van der Waals surface area contributed by atoms with Gasteiger partial charge in [0.25, 0.3) is 10.0 Å². The molecule has 0 atom stereocenters. The van der Waals surface area contributed by atoms with Crippen molar-refractivity contribution in [2.75, 3.05) is 7.05 Å². The molecule has 1 aliphatic heterocycles. The van der Waals surface area contributed by atoms with Crippen LogP contribution in [0.5, 0.6) is 0 Å². The lowest BCUT2D eigenvalue weighted by molar-refractivity contribution is 0.0686. The van der Waals surface area contributed by atoms with Crippen LogP contribution in [0.1, 0.15) is 26.3 Å². The number of carbonyl (C=O) groups excluding carboxylic acids is 2. The zero-order chi connectivity index (χ0) is 22.2. The molecule has 156 valence electrons. The van der Waals surface area contributed by atoms with Crippen LogP contribution in [0.3, 0.4) is 0 Å². The molecule has 0 radical (unpaired) electrons. The molecule has 8 heteroatoms. The summed E-state index contributed by atoms with van der Waals surface area (Å²) in [5.41, 5.74) is 0.215. The summed E-state index contributed by atoms with van der Waals surface area (Å²) < 4.78 is 32.6. The number of rotatable bonds is 4. The Morgan fingerprint density at radius 1 is 0.871 bits per heavy atom. The maximum absolute atomic E-state index is 13.3. The Kier molecular flexibility index (Phi) is 5.39. The molecular formula is C23H16ClNO5S. The van der Waals surface area contributed by atoms with Crippen LogP contribution in [0.4, 0.5) is 0 Å². The third kappa shape index (κ3) is 3.62. The minimum atomic E-state index is -4.03. The third-order valence-corrected chi connectivity index (χ3v) is 6.98. The third-order valence-electron chi connectivity index (χ3n) is 4.84. The highest BCUT2D eigenvalue weighted by molar-refractivity contribution is 7.89. The van der Waals surface area contributed by atoms with Crippen molar-refractivity contribution < 1.29 is 22.7 Å². The first-order valence-electron chi connectivity index (χ1n) is 9.21. The van der Waals surface area contributed by atoms with Crippen molar-refractivity contribution in [1.29, 1.82) is 0 Å². The van der Waals surface area contributed by atoms with Crippen LogP contribution in [0.15, 0.2) is 89.5 Å². The lowest BCUT2D eigenvalue weighted by Gasteiger charge is -2.30. The molecule has 0 bridgehead atoms. The van der Waals surface area contributed by atoms with Crippen molar-refractivity contribution in [3.05, 3.63) is 106 Å². The molecule has 1 heterocycles. The summed E-state index contributed by atoms with van der Waals surface area (Å²) in [4.78, 5) is 26.2. The SMILES string of the molecule is CN1C(C(=O)c2ccccc2)=C(OC(=O)c2ccccc2Cl)c2ccccc2S1(=O)=O. The number of hydrogen-bond acceptors (Lipinski definition) is 5. The fourth-order valence-corrected chi connectivity index (χ4v) is 4.87. The van der Waals surface area contributed by atoms with Gasteiger partial charge in [-0.05, 0) is 24.3 Å². The van der Waals surface area contributed by atoms with Crippen molar-refractivity contribution in [2.24, 2.45) is 0 Å². The second kappa shape index (κ2) is 8.02. The quantitative estimate of drug-likeness (QED) is 0.432. The summed E-state index contributed by atoms with van der Waals surface area (Å²) >= 11 is 6.12. The lowest BCUT2D eigenvalue weighted by atomic mass is 10.0. The van der Waals surface area contributed by atoms with Crippen molar-refractivity contribution >= 4 is 39.1 Å². The maximum Gasteiger partial charge on any atom is 0.345 e. The molecule has 3 aromatic rings. The molecule has 0 fully saturated rings. The zero-order valence-corrected chi connectivity index (χ0v) is 17.9. The highest BCUT2D eigenvalue weighted by Crippen LogP contribution is 2.38. The van der Waals surface area contributed by atoms with Gasteiger partial charge in [0, 0.05) is 18.2 Å². The molecule has 0 aliphatic carbocycles. The number of carbonyl (C=O) groups is 2. The van der Waals surface area contributed by atoms with Gasteiger partial charge in [-0.15, -0.1) is 0 Å². The Bertz CT molecular complexity index is 1330. The largest absolute Gasteiger partial charge is 0.420 e. The predicted molar refractivity (Wildman–Crippen MR) is 116 cm³/mol. The van der Waals surface area contributed by atoms with E-state index in [1.807, 2.05) is 0 Å². The van der Waals surface area contributed by atoms with E-state index >= 15 is 0 Å². The second-order valence-corrected chi connectivity index (χ2v) is 9.06. The van der Waals surface area contributed by atoms with Gasteiger partial charge >= 0.3 is 5.97 Å². The molecule has 4 rings (SSSR count). The molecule has 1 aliphatic rings. The molecule has 31 heavy (non-hydrogen) atoms. The number of ether oxygens (including phenoxy) is 1. The average Bonchev–Trinajstić information content (AvgIpc) is 2.78. The number of allylic oxidation sites excluding steroid dienone is 1. The van der Waals surface area contributed by atoms with Gasteiger partial charge in [0.1, 0.15) is 5.70 Å². The molecule has 0 N–H and O–H groups in total. The number of benzene rings is 3. The smallest absolute Gasteiger partial charge is 0.345 e. The first-order valence-corrected chi connectivity index (χ1v) is 11.0. The molecule has 0 spiro atoms. The van der Waals surface area contributed by atoms with Crippen LogP contribution in [0, 0.1) is 0 Å². The molecule has 0 saturated heterocycles. The molecule has 6 nitrogen and oxygen atoms in total. The van der Waals surface area contributed by atoms with E-state index in [4.69, 9.17) is 16.3 Å². The number of likely N-dealkylation sites (N-methyl/N-ethyl adjacent to an activating group) is 1. The van der Waals surface area contributed by atoms with E-state index in [-0.39, 0.29) is 38.1 Å². The van der Waals surface area contributed by atoms with Crippen LogP contribution >= 0.6 is 11.6 Å². The van der Waals surface area contributed by atoms with Gasteiger partial charge < -0.3 is 4.74 Å². The average molecular weight is 454 g/mol. The number of ketones is 1. The summed E-state index contributed by atoms with van der Waals surface area (Å²) in [7, 11) is -2.77. The molecule has 0 unspecified atom stereocenters. The van der Waals surface area contributed by atoms with E-state index in [0.717, 1.165) is 4.31 Å². The second-order valence-electron chi connectivity index (χ2n) is 6.71. The molecule has 0 aromatic heterocycles. The van der Waals surface area contributed by atoms with E-state index in [1.165, 1.54) is 31.3 Å². The normalized spacial score (nSPS) is 14.7. The maximum atomic E-state index is 13.3. The Labute approximate surface area is 184 Å². The van der Waals surface area contributed by atoms with Crippen molar-refractivity contribution in [1.82, 2.24) is 4.31 Å². The van der Waals surface area contributed by atoms with E-state index < -0.39 is 21.8 Å². The van der Waals surface area contributed by atoms with Gasteiger partial charge in [0.05, 0.1) is 15.5 Å². The van der Waals surface area contributed by atoms with Crippen molar-refractivity contribution in [2.45, 2.75) is 4.90 Å². The highest BCUT2D eigenvalue weighted by Gasteiger charge is 2.39. The van der Waals surface area contributed by atoms with Gasteiger partial charge in [0.15, 0.2) is 5.76 Å². The van der Waals surface area contributed by atoms with Gasteiger partial charge in [0.2, 0.25) is 5.78 Å². The topological polar surface area (TPSA) is 80.8 Å². The van der Waals surface area contributed by atoms with E-state index in [0.29, 0.717) is 0 Å². The number of esters is 1. The minimum absolute atomic E-state index is 0.0657.